The van der Waals surface area contributed by atoms with Crippen molar-refractivity contribution in [3.8, 4) is 0 Å². The molecule has 1 unspecified atom stereocenters. The van der Waals surface area contributed by atoms with E-state index >= 15 is 0 Å². The van der Waals surface area contributed by atoms with Crippen molar-refractivity contribution < 1.29 is 4.79 Å². The van der Waals surface area contributed by atoms with Gasteiger partial charge in [0.1, 0.15) is 0 Å². The van der Waals surface area contributed by atoms with Gasteiger partial charge in [-0.15, -0.1) is 24.8 Å². The first-order valence-electron chi connectivity index (χ1n) is 5.68. The van der Waals surface area contributed by atoms with Gasteiger partial charge in [-0.1, -0.05) is 13.8 Å². The van der Waals surface area contributed by atoms with E-state index in [9.17, 15) is 4.79 Å². The summed E-state index contributed by atoms with van der Waals surface area (Å²) in [6.45, 7) is 8.75. The average Bonchev–Trinajstić information content (AvgIpc) is 2.15. The lowest BCUT2D eigenvalue weighted by molar-refractivity contribution is -0.137. The Kier molecular flexibility index (Phi) is 9.25. The van der Waals surface area contributed by atoms with Crippen LogP contribution < -0.4 is 5.73 Å². The average molecular weight is 286 g/mol. The quantitative estimate of drug-likeness (QED) is 0.823. The number of rotatable bonds is 2. The highest BCUT2D eigenvalue weighted by Crippen LogP contribution is 2.11. The zero-order chi connectivity index (χ0) is 11.6. The molecule has 4 nitrogen and oxygen atoms in total. The Morgan fingerprint density at radius 1 is 1.29 bits per heavy atom. The molecule has 104 valence electrons. The number of nitrogens with two attached hydrogens (primary N) is 1. The summed E-state index contributed by atoms with van der Waals surface area (Å²) in [7, 11) is 2.08. The normalized spacial score (nSPS) is 22.7. The van der Waals surface area contributed by atoms with Crippen molar-refractivity contribution in [1.29, 1.82) is 0 Å². The second-order valence-corrected chi connectivity index (χ2v) is 4.91. The first kappa shape index (κ1) is 19.3. The van der Waals surface area contributed by atoms with Crippen LogP contribution >= 0.6 is 24.8 Å². The number of hydrogen-bond acceptors (Lipinski definition) is 3. The molecule has 0 aliphatic carbocycles. The maximum absolute atomic E-state index is 12.0. The fourth-order valence-corrected chi connectivity index (χ4v) is 1.94. The van der Waals surface area contributed by atoms with Crippen LogP contribution in [0.5, 0.6) is 0 Å². The highest BCUT2D eigenvalue weighted by atomic mass is 35.5. The summed E-state index contributed by atoms with van der Waals surface area (Å²) < 4.78 is 0. The van der Waals surface area contributed by atoms with Gasteiger partial charge < -0.3 is 15.5 Å². The Labute approximate surface area is 117 Å². The van der Waals surface area contributed by atoms with Gasteiger partial charge in [0.15, 0.2) is 0 Å². The molecular weight excluding hydrogens is 261 g/mol. The Bertz CT molecular complexity index is 239. The van der Waals surface area contributed by atoms with E-state index < -0.39 is 0 Å². The number of halogens is 2. The van der Waals surface area contributed by atoms with Crippen LogP contribution in [0, 0.1) is 5.92 Å². The van der Waals surface area contributed by atoms with Gasteiger partial charge in [-0.3, -0.25) is 4.79 Å². The first-order valence-corrected chi connectivity index (χ1v) is 5.68. The summed E-state index contributed by atoms with van der Waals surface area (Å²) in [6, 6.07) is -0.0723. The van der Waals surface area contributed by atoms with Gasteiger partial charge in [-0.25, -0.2) is 0 Å². The van der Waals surface area contributed by atoms with Crippen LogP contribution in [-0.2, 0) is 4.79 Å². The van der Waals surface area contributed by atoms with Crippen molar-refractivity contribution in [2.24, 2.45) is 11.7 Å². The fraction of sp³-hybridized carbons (Fsp3) is 0.909. The predicted molar refractivity (Wildman–Crippen MR) is 76.0 cm³/mol. The molecule has 0 aromatic rings. The van der Waals surface area contributed by atoms with Gasteiger partial charge in [-0.05, 0) is 19.9 Å². The van der Waals surface area contributed by atoms with E-state index in [2.05, 4.69) is 18.9 Å². The number of carbonyl (C=O) groups is 1. The van der Waals surface area contributed by atoms with Gasteiger partial charge in [0, 0.05) is 25.7 Å². The van der Waals surface area contributed by atoms with Crippen molar-refractivity contribution in [3.05, 3.63) is 0 Å². The summed E-state index contributed by atoms with van der Waals surface area (Å²) in [5, 5.41) is 0. The zero-order valence-electron chi connectivity index (χ0n) is 11.0. The summed E-state index contributed by atoms with van der Waals surface area (Å²) in [4.78, 5) is 16.2. The van der Waals surface area contributed by atoms with E-state index in [0.29, 0.717) is 0 Å². The second kappa shape index (κ2) is 8.14. The lowest BCUT2D eigenvalue weighted by Crippen LogP contribution is -2.57. The van der Waals surface area contributed by atoms with Crippen molar-refractivity contribution in [2.45, 2.75) is 32.9 Å². The summed E-state index contributed by atoms with van der Waals surface area (Å²) in [6.07, 6.45) is 0. The van der Waals surface area contributed by atoms with Crippen LogP contribution in [0.15, 0.2) is 0 Å². The predicted octanol–water partition coefficient (Wildman–Crippen LogP) is 0.976. The molecule has 2 atom stereocenters. The SMILES string of the molecule is CC(C)[C@@H](N)C(=O)N1CCN(C)CC1C.Cl.Cl. The Hall–Kier alpha value is -0.0300. The lowest BCUT2D eigenvalue weighted by atomic mass is 10.0. The van der Waals surface area contributed by atoms with Crippen LogP contribution in [0.4, 0.5) is 0 Å². The van der Waals surface area contributed by atoms with Crippen LogP contribution in [-0.4, -0.2) is 54.5 Å². The Balaban J connectivity index is 0. The van der Waals surface area contributed by atoms with Gasteiger partial charge >= 0.3 is 0 Å². The molecule has 0 aromatic heterocycles. The lowest BCUT2D eigenvalue weighted by Gasteiger charge is -2.39. The first-order chi connectivity index (χ1) is 6.93. The minimum absolute atomic E-state index is 0. The molecule has 0 radical (unpaired) electrons. The van der Waals surface area contributed by atoms with E-state index in [-0.39, 0.29) is 48.7 Å². The number of hydrogen-bond donors (Lipinski definition) is 1. The topological polar surface area (TPSA) is 49.6 Å². The maximum Gasteiger partial charge on any atom is 0.240 e. The number of nitrogens with zero attached hydrogens (tertiary/aromatic N) is 2. The Morgan fingerprint density at radius 3 is 2.24 bits per heavy atom. The van der Waals surface area contributed by atoms with E-state index in [0.717, 1.165) is 19.6 Å². The smallest absolute Gasteiger partial charge is 0.240 e. The van der Waals surface area contributed by atoms with Crippen LogP contribution in [0.2, 0.25) is 0 Å². The number of piperazine rings is 1. The molecule has 0 aromatic carbocycles. The van der Waals surface area contributed by atoms with Gasteiger partial charge in [0.05, 0.1) is 6.04 Å². The molecular formula is C11H25Cl2N3O. The highest BCUT2D eigenvalue weighted by molar-refractivity contribution is 5.85. The molecule has 17 heavy (non-hydrogen) atoms. The van der Waals surface area contributed by atoms with Gasteiger partial charge in [0.2, 0.25) is 5.91 Å². The van der Waals surface area contributed by atoms with E-state index in [4.69, 9.17) is 5.73 Å². The highest BCUT2D eigenvalue weighted by Gasteiger charge is 2.30. The molecule has 1 amide bonds. The third-order valence-corrected chi connectivity index (χ3v) is 3.12. The Morgan fingerprint density at radius 2 is 1.82 bits per heavy atom. The standard InChI is InChI=1S/C11H23N3O.2ClH/c1-8(2)10(12)11(15)14-6-5-13(4)7-9(14)3;;/h8-10H,5-7,12H2,1-4H3;2*1H/t9?,10-;;/m1../s1. The zero-order valence-corrected chi connectivity index (χ0v) is 12.7. The molecule has 1 fully saturated rings. The molecule has 1 aliphatic heterocycles. The van der Waals surface area contributed by atoms with Crippen molar-refractivity contribution >= 4 is 30.7 Å². The monoisotopic (exact) mass is 285 g/mol. The van der Waals surface area contributed by atoms with Crippen molar-refractivity contribution in [3.63, 3.8) is 0 Å². The molecule has 1 aliphatic rings. The molecule has 6 heteroatoms. The maximum atomic E-state index is 12.0. The molecule has 1 saturated heterocycles. The molecule has 1 heterocycles. The fourth-order valence-electron chi connectivity index (χ4n) is 1.94. The van der Waals surface area contributed by atoms with Crippen molar-refractivity contribution in [1.82, 2.24) is 9.80 Å². The molecule has 0 spiro atoms. The minimum Gasteiger partial charge on any atom is -0.336 e. The number of amides is 1. The molecule has 2 N–H and O–H groups in total. The van der Waals surface area contributed by atoms with E-state index in [1.807, 2.05) is 18.7 Å². The summed E-state index contributed by atoms with van der Waals surface area (Å²) >= 11 is 0. The summed E-state index contributed by atoms with van der Waals surface area (Å²) in [5.41, 5.74) is 5.88. The largest absolute Gasteiger partial charge is 0.336 e. The van der Waals surface area contributed by atoms with E-state index in [1.54, 1.807) is 0 Å². The van der Waals surface area contributed by atoms with Crippen LogP contribution in [0.1, 0.15) is 20.8 Å². The summed E-state index contributed by atoms with van der Waals surface area (Å²) in [5.74, 6) is 0.315. The minimum atomic E-state index is -0.351. The third-order valence-electron chi connectivity index (χ3n) is 3.12. The number of likely N-dealkylation sites (N-methyl/N-ethyl adjacent to an activating group) is 1. The van der Waals surface area contributed by atoms with Crippen LogP contribution in [0.3, 0.4) is 0 Å². The van der Waals surface area contributed by atoms with Gasteiger partial charge in [-0.2, -0.15) is 0 Å². The number of carbonyl (C=O) groups excluding carboxylic acids is 1. The molecule has 1 rings (SSSR count). The second-order valence-electron chi connectivity index (χ2n) is 4.91. The van der Waals surface area contributed by atoms with E-state index in [1.165, 1.54) is 0 Å². The molecule has 0 saturated carbocycles. The van der Waals surface area contributed by atoms with Gasteiger partial charge in [0.25, 0.3) is 0 Å². The molecule has 0 bridgehead atoms. The third kappa shape index (κ3) is 5.00. The van der Waals surface area contributed by atoms with Crippen LogP contribution in [0.25, 0.3) is 0 Å². The van der Waals surface area contributed by atoms with Crippen molar-refractivity contribution in [2.75, 3.05) is 26.7 Å².